The molecular weight excluding hydrogens is 220 g/mol. The van der Waals surface area contributed by atoms with E-state index < -0.39 is 5.60 Å². The van der Waals surface area contributed by atoms with Crippen molar-refractivity contribution in [2.24, 2.45) is 0 Å². The van der Waals surface area contributed by atoms with E-state index in [1.807, 2.05) is 11.9 Å². The summed E-state index contributed by atoms with van der Waals surface area (Å²) in [5, 5.41) is 10.4. The van der Waals surface area contributed by atoms with E-state index in [-0.39, 0.29) is 0 Å². The van der Waals surface area contributed by atoms with E-state index in [1.165, 1.54) is 6.20 Å². The molecule has 1 aliphatic rings. The van der Waals surface area contributed by atoms with Crippen molar-refractivity contribution in [1.82, 2.24) is 9.97 Å². The van der Waals surface area contributed by atoms with Crippen molar-refractivity contribution in [1.29, 1.82) is 0 Å². The highest BCUT2D eigenvalue weighted by Gasteiger charge is 2.31. The number of aromatic nitrogens is 2. The average Bonchev–Trinajstić information content (AvgIpc) is 2.30. The van der Waals surface area contributed by atoms with Crippen molar-refractivity contribution in [3.63, 3.8) is 0 Å². The predicted octanol–water partition coefficient (Wildman–Crippen LogP) is 0.0365. The Labute approximate surface area is 100 Å². The standard InChI is InChI=1S/C11H18N4O2/c1-15(10-7-13-9(12)6-14-10)8-11(16)2-4-17-5-3-11/h6-7,16H,2-5,8H2,1H3,(H2,12,13). The van der Waals surface area contributed by atoms with E-state index in [0.717, 1.165) is 0 Å². The van der Waals surface area contributed by atoms with Gasteiger partial charge in [-0.15, -0.1) is 0 Å². The molecule has 0 atom stereocenters. The lowest BCUT2D eigenvalue weighted by atomic mass is 9.94. The van der Waals surface area contributed by atoms with Crippen LogP contribution < -0.4 is 10.6 Å². The predicted molar refractivity (Wildman–Crippen MR) is 64.7 cm³/mol. The van der Waals surface area contributed by atoms with Gasteiger partial charge in [0.05, 0.1) is 18.0 Å². The van der Waals surface area contributed by atoms with Crippen molar-refractivity contribution in [3.8, 4) is 0 Å². The number of nitrogens with zero attached hydrogens (tertiary/aromatic N) is 3. The first-order chi connectivity index (χ1) is 8.09. The molecule has 0 amide bonds. The first-order valence-electron chi connectivity index (χ1n) is 5.68. The van der Waals surface area contributed by atoms with Crippen LogP contribution in [0.2, 0.25) is 0 Å². The summed E-state index contributed by atoms with van der Waals surface area (Å²) < 4.78 is 5.24. The van der Waals surface area contributed by atoms with E-state index >= 15 is 0 Å². The third kappa shape index (κ3) is 3.04. The molecule has 1 aliphatic heterocycles. The summed E-state index contributed by atoms with van der Waals surface area (Å²) in [6.45, 7) is 1.74. The maximum Gasteiger partial charge on any atom is 0.147 e. The van der Waals surface area contributed by atoms with Gasteiger partial charge in [-0.25, -0.2) is 9.97 Å². The second-order valence-electron chi connectivity index (χ2n) is 4.49. The molecule has 3 N–H and O–H groups in total. The Hall–Kier alpha value is -1.40. The number of ether oxygens (including phenoxy) is 1. The zero-order chi connectivity index (χ0) is 12.3. The lowest BCUT2D eigenvalue weighted by molar-refractivity contribution is -0.0573. The molecule has 2 rings (SSSR count). The summed E-state index contributed by atoms with van der Waals surface area (Å²) in [4.78, 5) is 10.0. The number of hydrogen-bond donors (Lipinski definition) is 2. The summed E-state index contributed by atoms with van der Waals surface area (Å²) in [7, 11) is 1.88. The van der Waals surface area contributed by atoms with Gasteiger partial charge in [-0.2, -0.15) is 0 Å². The van der Waals surface area contributed by atoms with Gasteiger partial charge in [0.2, 0.25) is 0 Å². The zero-order valence-electron chi connectivity index (χ0n) is 9.96. The third-order valence-corrected chi connectivity index (χ3v) is 3.00. The van der Waals surface area contributed by atoms with Gasteiger partial charge in [0.15, 0.2) is 0 Å². The van der Waals surface area contributed by atoms with Gasteiger partial charge in [-0.3, -0.25) is 0 Å². The molecule has 6 heteroatoms. The highest BCUT2D eigenvalue weighted by Crippen LogP contribution is 2.22. The van der Waals surface area contributed by atoms with Crippen LogP contribution in [0.25, 0.3) is 0 Å². The molecule has 0 bridgehead atoms. The van der Waals surface area contributed by atoms with Gasteiger partial charge >= 0.3 is 0 Å². The molecule has 2 heterocycles. The Kier molecular flexibility index (Phi) is 3.44. The molecule has 0 radical (unpaired) electrons. The van der Waals surface area contributed by atoms with E-state index in [9.17, 15) is 5.11 Å². The van der Waals surface area contributed by atoms with Crippen LogP contribution in [-0.4, -0.2) is 47.5 Å². The van der Waals surface area contributed by atoms with Crippen molar-refractivity contribution >= 4 is 11.6 Å². The minimum Gasteiger partial charge on any atom is -0.388 e. The van der Waals surface area contributed by atoms with E-state index in [4.69, 9.17) is 10.5 Å². The number of nitrogen functional groups attached to an aromatic ring is 1. The second-order valence-corrected chi connectivity index (χ2v) is 4.49. The van der Waals surface area contributed by atoms with Crippen molar-refractivity contribution < 1.29 is 9.84 Å². The van der Waals surface area contributed by atoms with Crippen LogP contribution in [-0.2, 0) is 4.74 Å². The van der Waals surface area contributed by atoms with Gasteiger partial charge in [0, 0.05) is 39.6 Å². The Morgan fingerprint density at radius 3 is 2.71 bits per heavy atom. The maximum atomic E-state index is 10.4. The summed E-state index contributed by atoms with van der Waals surface area (Å²) in [5.74, 6) is 1.10. The van der Waals surface area contributed by atoms with Gasteiger partial charge in [-0.1, -0.05) is 0 Å². The fraction of sp³-hybridized carbons (Fsp3) is 0.636. The van der Waals surface area contributed by atoms with Gasteiger partial charge < -0.3 is 20.5 Å². The Morgan fingerprint density at radius 1 is 1.41 bits per heavy atom. The fourth-order valence-corrected chi connectivity index (χ4v) is 1.96. The molecule has 0 spiro atoms. The Balaban J connectivity index is 2.00. The SMILES string of the molecule is CN(CC1(O)CCOCC1)c1cnc(N)cn1. The molecule has 0 unspecified atom stereocenters. The van der Waals surface area contributed by atoms with E-state index in [0.29, 0.717) is 44.2 Å². The summed E-state index contributed by atoms with van der Waals surface area (Å²) in [6.07, 6.45) is 4.43. The van der Waals surface area contributed by atoms with Crippen LogP contribution in [0.4, 0.5) is 11.6 Å². The molecule has 17 heavy (non-hydrogen) atoms. The highest BCUT2D eigenvalue weighted by atomic mass is 16.5. The highest BCUT2D eigenvalue weighted by molar-refractivity contribution is 5.38. The smallest absolute Gasteiger partial charge is 0.147 e. The Morgan fingerprint density at radius 2 is 2.12 bits per heavy atom. The number of rotatable bonds is 3. The number of likely N-dealkylation sites (N-methyl/N-ethyl adjacent to an activating group) is 1. The summed E-state index contributed by atoms with van der Waals surface area (Å²) in [5.41, 5.74) is 4.78. The molecular formula is C11H18N4O2. The second kappa shape index (κ2) is 4.85. The molecule has 1 saturated heterocycles. The minimum absolute atomic E-state index is 0.395. The monoisotopic (exact) mass is 238 g/mol. The van der Waals surface area contributed by atoms with Crippen molar-refractivity contribution in [3.05, 3.63) is 12.4 Å². The lowest BCUT2D eigenvalue weighted by Gasteiger charge is -2.35. The van der Waals surface area contributed by atoms with E-state index in [1.54, 1.807) is 6.20 Å². The van der Waals surface area contributed by atoms with Gasteiger partial charge in [0.1, 0.15) is 11.6 Å². The first kappa shape index (κ1) is 12.1. The largest absolute Gasteiger partial charge is 0.388 e. The Bertz CT molecular complexity index is 362. The quantitative estimate of drug-likeness (QED) is 0.773. The molecule has 0 aliphatic carbocycles. The first-order valence-corrected chi connectivity index (χ1v) is 5.68. The van der Waals surface area contributed by atoms with Gasteiger partial charge in [0.25, 0.3) is 0 Å². The molecule has 1 aromatic rings. The molecule has 94 valence electrons. The van der Waals surface area contributed by atoms with E-state index in [2.05, 4.69) is 9.97 Å². The number of anilines is 2. The minimum atomic E-state index is -0.698. The van der Waals surface area contributed by atoms with Crippen molar-refractivity contribution in [2.75, 3.05) is 37.4 Å². The molecule has 6 nitrogen and oxygen atoms in total. The maximum absolute atomic E-state index is 10.4. The summed E-state index contributed by atoms with van der Waals surface area (Å²) in [6, 6.07) is 0. The number of aliphatic hydroxyl groups is 1. The van der Waals surface area contributed by atoms with Crippen LogP contribution in [0.3, 0.4) is 0 Å². The topological polar surface area (TPSA) is 84.5 Å². The molecule has 1 fully saturated rings. The third-order valence-electron chi connectivity index (χ3n) is 3.00. The number of nitrogens with two attached hydrogens (primary N) is 1. The van der Waals surface area contributed by atoms with Gasteiger partial charge in [-0.05, 0) is 0 Å². The molecule has 1 aromatic heterocycles. The molecule has 0 saturated carbocycles. The normalized spacial score (nSPS) is 18.9. The van der Waals surface area contributed by atoms with Crippen LogP contribution in [0.15, 0.2) is 12.4 Å². The van der Waals surface area contributed by atoms with Crippen LogP contribution in [0.1, 0.15) is 12.8 Å². The lowest BCUT2D eigenvalue weighted by Crippen LogP contribution is -2.46. The summed E-state index contributed by atoms with van der Waals surface area (Å²) >= 11 is 0. The fourth-order valence-electron chi connectivity index (χ4n) is 1.96. The van der Waals surface area contributed by atoms with Crippen molar-refractivity contribution in [2.45, 2.75) is 18.4 Å². The van der Waals surface area contributed by atoms with Crippen LogP contribution in [0.5, 0.6) is 0 Å². The zero-order valence-corrected chi connectivity index (χ0v) is 9.96. The van der Waals surface area contributed by atoms with Crippen LogP contribution >= 0.6 is 0 Å². The number of hydrogen-bond acceptors (Lipinski definition) is 6. The van der Waals surface area contributed by atoms with Crippen LogP contribution in [0, 0.1) is 0 Å². The molecule has 0 aromatic carbocycles. The average molecular weight is 238 g/mol.